The van der Waals surface area contributed by atoms with E-state index in [1.54, 1.807) is 4.57 Å². The van der Waals surface area contributed by atoms with Gasteiger partial charge in [0.2, 0.25) is 0 Å². The largest absolute Gasteiger partial charge is 0.505 e. The predicted molar refractivity (Wildman–Crippen MR) is 106 cm³/mol. The van der Waals surface area contributed by atoms with E-state index >= 15 is 0 Å². The van der Waals surface area contributed by atoms with Gasteiger partial charge in [0.25, 0.3) is 5.91 Å². The number of nitrogens with zero attached hydrogens (tertiary/aromatic N) is 3. The Morgan fingerprint density at radius 3 is 2.59 bits per heavy atom. The first-order valence-corrected chi connectivity index (χ1v) is 9.24. The lowest BCUT2D eigenvalue weighted by molar-refractivity contribution is -0.135. The zero-order valence-corrected chi connectivity index (χ0v) is 16.3. The van der Waals surface area contributed by atoms with Crippen LogP contribution >= 0.6 is 23.2 Å². The molecule has 0 aliphatic rings. The number of halogens is 2. The monoisotopic (exact) mass is 432 g/mol. The van der Waals surface area contributed by atoms with Gasteiger partial charge in [-0.15, -0.1) is 11.6 Å². The average Bonchev–Trinajstić information content (AvgIpc) is 3.05. The van der Waals surface area contributed by atoms with Crippen LogP contribution in [0.4, 0.5) is 0 Å². The van der Waals surface area contributed by atoms with Crippen LogP contribution in [-0.4, -0.2) is 44.1 Å². The summed E-state index contributed by atoms with van der Waals surface area (Å²) in [4.78, 5) is 26.8. The highest BCUT2D eigenvalue weighted by atomic mass is 35.5. The minimum absolute atomic E-state index is 0.0599. The minimum atomic E-state index is -1.27. The summed E-state index contributed by atoms with van der Waals surface area (Å²) in [7, 11) is 0. The molecule has 3 rings (SSSR count). The van der Waals surface area contributed by atoms with E-state index in [1.165, 1.54) is 6.20 Å². The number of pyridine rings is 1. The van der Waals surface area contributed by atoms with Gasteiger partial charge in [0.1, 0.15) is 12.6 Å². The molecule has 0 aliphatic carbocycles. The molecule has 0 radical (unpaired) electrons. The van der Waals surface area contributed by atoms with Crippen LogP contribution in [0.15, 0.2) is 36.5 Å². The number of benzene rings is 1. The van der Waals surface area contributed by atoms with Crippen molar-refractivity contribution in [3.63, 3.8) is 0 Å². The number of hydrogen-bond donors (Lipinski definition) is 3. The molecule has 0 bridgehead atoms. The van der Waals surface area contributed by atoms with E-state index in [0.717, 1.165) is 5.56 Å². The molecule has 2 aromatic heterocycles. The number of nitrogens with one attached hydrogen (secondary N) is 1. The standard InChI is InChI=1S/C19H14Cl2N4O4/c20-6-13(10-4-2-1-3-5-10)25-9-11(21)15-17(25)12(7-22)24-16(18(15)28)19(29)23-8-14(26)27/h1-5,9,13,28H,6,8H2,(H,23,29)(H,26,27). The number of carbonyl (C=O) groups is 2. The summed E-state index contributed by atoms with van der Waals surface area (Å²) in [5, 5.41) is 31.2. The van der Waals surface area contributed by atoms with Gasteiger partial charge < -0.3 is 20.1 Å². The fourth-order valence-corrected chi connectivity index (χ4v) is 3.63. The molecule has 2 heterocycles. The van der Waals surface area contributed by atoms with Crippen LogP contribution in [-0.2, 0) is 4.79 Å². The Kier molecular flexibility index (Phi) is 5.92. The maximum Gasteiger partial charge on any atom is 0.322 e. The molecular weight excluding hydrogens is 419 g/mol. The van der Waals surface area contributed by atoms with E-state index in [2.05, 4.69) is 10.3 Å². The Morgan fingerprint density at radius 2 is 2.00 bits per heavy atom. The van der Waals surface area contributed by atoms with E-state index in [1.807, 2.05) is 36.4 Å². The second-order valence-corrected chi connectivity index (χ2v) is 6.75. The van der Waals surface area contributed by atoms with Crippen molar-refractivity contribution in [1.29, 1.82) is 5.26 Å². The van der Waals surface area contributed by atoms with Gasteiger partial charge in [-0.25, -0.2) is 4.98 Å². The number of aromatic nitrogens is 2. The lowest BCUT2D eigenvalue weighted by Gasteiger charge is -2.18. The molecule has 3 aromatic rings. The lowest BCUT2D eigenvalue weighted by atomic mass is 10.1. The molecule has 1 unspecified atom stereocenters. The number of hydrogen-bond acceptors (Lipinski definition) is 5. The molecular formula is C19H14Cl2N4O4. The van der Waals surface area contributed by atoms with Crippen LogP contribution < -0.4 is 5.32 Å². The fourth-order valence-electron chi connectivity index (χ4n) is 3.02. The smallest absolute Gasteiger partial charge is 0.322 e. The Bertz CT molecular complexity index is 1140. The second-order valence-electron chi connectivity index (χ2n) is 6.03. The number of aromatic hydroxyl groups is 1. The number of amides is 1. The first-order valence-electron chi connectivity index (χ1n) is 8.33. The van der Waals surface area contributed by atoms with Gasteiger partial charge in [0.05, 0.1) is 22.0 Å². The average molecular weight is 433 g/mol. The Balaban J connectivity index is 2.21. The van der Waals surface area contributed by atoms with E-state index < -0.39 is 35.9 Å². The number of fused-ring (bicyclic) bond motifs is 1. The van der Waals surface area contributed by atoms with Crippen molar-refractivity contribution in [3.05, 3.63) is 58.5 Å². The molecule has 0 aliphatic heterocycles. The topological polar surface area (TPSA) is 128 Å². The maximum absolute atomic E-state index is 12.2. The predicted octanol–water partition coefficient (Wildman–Crippen LogP) is 2.91. The Labute approximate surface area is 174 Å². The summed E-state index contributed by atoms with van der Waals surface area (Å²) in [6.07, 6.45) is 1.51. The highest BCUT2D eigenvalue weighted by molar-refractivity contribution is 6.36. The highest BCUT2D eigenvalue weighted by Crippen LogP contribution is 2.39. The number of carbonyl (C=O) groups excluding carboxylic acids is 1. The van der Waals surface area contributed by atoms with Crippen LogP contribution in [0.2, 0.25) is 5.02 Å². The molecule has 1 amide bonds. The summed E-state index contributed by atoms with van der Waals surface area (Å²) in [6, 6.07) is 10.7. The van der Waals surface area contributed by atoms with Crippen LogP contribution in [0, 0.1) is 11.3 Å². The van der Waals surface area contributed by atoms with Crippen molar-refractivity contribution in [2.24, 2.45) is 0 Å². The minimum Gasteiger partial charge on any atom is -0.505 e. The van der Waals surface area contributed by atoms with Gasteiger partial charge >= 0.3 is 5.97 Å². The summed E-state index contributed by atoms with van der Waals surface area (Å²) >= 11 is 12.5. The SMILES string of the molecule is N#Cc1nc(C(=O)NCC(=O)O)c(O)c2c(Cl)cn(C(CCl)c3ccccc3)c12. The van der Waals surface area contributed by atoms with Crippen molar-refractivity contribution in [2.45, 2.75) is 6.04 Å². The third kappa shape index (κ3) is 3.83. The molecule has 148 valence electrons. The number of carboxylic acids is 1. The summed E-state index contributed by atoms with van der Waals surface area (Å²) < 4.78 is 1.63. The van der Waals surface area contributed by atoms with E-state index in [-0.39, 0.29) is 27.5 Å². The van der Waals surface area contributed by atoms with Gasteiger partial charge in [-0.3, -0.25) is 9.59 Å². The molecule has 0 fully saturated rings. The summed E-state index contributed by atoms with van der Waals surface area (Å²) in [6.45, 7) is -0.670. The molecule has 0 saturated carbocycles. The van der Waals surface area contributed by atoms with Crippen molar-refractivity contribution in [2.75, 3.05) is 12.4 Å². The third-order valence-electron chi connectivity index (χ3n) is 4.28. The normalized spacial score (nSPS) is 11.8. The van der Waals surface area contributed by atoms with Gasteiger partial charge in [-0.1, -0.05) is 41.9 Å². The molecule has 10 heteroatoms. The first-order chi connectivity index (χ1) is 13.9. The maximum atomic E-state index is 12.2. The molecule has 0 saturated heterocycles. The van der Waals surface area contributed by atoms with Gasteiger partial charge in [-0.2, -0.15) is 5.26 Å². The Morgan fingerprint density at radius 1 is 1.31 bits per heavy atom. The van der Waals surface area contributed by atoms with Crippen molar-refractivity contribution < 1.29 is 19.8 Å². The van der Waals surface area contributed by atoms with Crippen LogP contribution in [0.25, 0.3) is 10.9 Å². The number of rotatable bonds is 6. The van der Waals surface area contributed by atoms with Crippen molar-refractivity contribution in [3.8, 4) is 11.8 Å². The molecule has 1 atom stereocenters. The number of alkyl halides is 1. The summed E-state index contributed by atoms with van der Waals surface area (Å²) in [5.41, 5.74) is 0.426. The quantitative estimate of drug-likeness (QED) is 0.513. The van der Waals surface area contributed by atoms with Crippen LogP contribution in [0.3, 0.4) is 0 Å². The number of aliphatic carboxylic acids is 1. The third-order valence-corrected chi connectivity index (χ3v) is 4.86. The van der Waals surface area contributed by atoms with E-state index in [4.69, 9.17) is 28.3 Å². The molecule has 8 nitrogen and oxygen atoms in total. The number of nitriles is 1. The lowest BCUT2D eigenvalue weighted by Crippen LogP contribution is -2.30. The first kappa shape index (κ1) is 20.5. The van der Waals surface area contributed by atoms with Gasteiger partial charge in [0.15, 0.2) is 17.1 Å². The second kappa shape index (κ2) is 8.39. The molecule has 0 spiro atoms. The van der Waals surface area contributed by atoms with Crippen molar-refractivity contribution >= 4 is 46.0 Å². The van der Waals surface area contributed by atoms with E-state index in [9.17, 15) is 20.0 Å². The Hall–Kier alpha value is -3.28. The zero-order valence-electron chi connectivity index (χ0n) is 14.8. The van der Waals surface area contributed by atoms with E-state index in [0.29, 0.717) is 0 Å². The molecule has 1 aromatic carbocycles. The van der Waals surface area contributed by atoms with Gasteiger partial charge in [-0.05, 0) is 5.56 Å². The van der Waals surface area contributed by atoms with Crippen LogP contribution in [0.5, 0.6) is 5.75 Å². The fraction of sp³-hybridized carbons (Fsp3) is 0.158. The summed E-state index contributed by atoms with van der Waals surface area (Å²) in [5.74, 6) is -2.61. The van der Waals surface area contributed by atoms with Gasteiger partial charge in [0, 0.05) is 12.1 Å². The highest BCUT2D eigenvalue weighted by Gasteiger charge is 2.27. The van der Waals surface area contributed by atoms with Crippen LogP contribution in [0.1, 0.15) is 27.8 Å². The van der Waals surface area contributed by atoms with Crippen molar-refractivity contribution in [1.82, 2.24) is 14.9 Å². The number of carboxylic acid groups (broad SMARTS) is 1. The zero-order chi connectivity index (χ0) is 21.1. The molecule has 29 heavy (non-hydrogen) atoms. The molecule has 3 N–H and O–H groups in total.